The summed E-state index contributed by atoms with van der Waals surface area (Å²) in [6.45, 7) is 4.88. The minimum absolute atomic E-state index is 0.0500. The number of halogens is 2. The number of fused-ring (bicyclic) bond motifs is 2. The monoisotopic (exact) mass is 720 g/mol. The molecule has 4 aromatic rings. The van der Waals surface area contributed by atoms with Crippen LogP contribution < -0.4 is 9.47 Å². The van der Waals surface area contributed by atoms with Crippen molar-refractivity contribution in [1.82, 2.24) is 19.8 Å². The first kappa shape index (κ1) is 35.7. The highest BCUT2D eigenvalue weighted by Crippen LogP contribution is 2.42. The van der Waals surface area contributed by atoms with Gasteiger partial charge in [-0.2, -0.15) is 0 Å². The number of ether oxygens (including phenoxy) is 2. The summed E-state index contributed by atoms with van der Waals surface area (Å²) in [6, 6.07) is 19.0. The van der Waals surface area contributed by atoms with Crippen molar-refractivity contribution < 1.29 is 34.4 Å². The molecule has 50 heavy (non-hydrogen) atoms. The fraction of sp³-hybridized carbons (Fsp3) is 0.351. The molecular formula is C37H38Cl2N4O7. The topological polar surface area (TPSA) is 146 Å². The lowest BCUT2D eigenvalue weighted by atomic mass is 9.98. The predicted molar refractivity (Wildman–Crippen MR) is 189 cm³/mol. The smallest absolute Gasteiger partial charge is 0.306 e. The number of benzene rings is 2. The Morgan fingerprint density at radius 3 is 1.60 bits per heavy atom. The molecule has 11 nitrogen and oxygen atoms in total. The maximum Gasteiger partial charge on any atom is 0.306 e. The quantitative estimate of drug-likeness (QED) is 0.184. The van der Waals surface area contributed by atoms with E-state index in [0.717, 1.165) is 22.3 Å². The number of Topliss-reactive ketones (excluding diaryl/α,β-unsaturated/α-hetero) is 1. The molecule has 2 aromatic heterocycles. The first-order valence-corrected chi connectivity index (χ1v) is 17.2. The molecule has 0 saturated heterocycles. The van der Waals surface area contributed by atoms with Gasteiger partial charge in [-0.25, -0.2) is 9.97 Å². The van der Waals surface area contributed by atoms with Gasteiger partial charge in [-0.15, -0.1) is 0 Å². The van der Waals surface area contributed by atoms with E-state index in [1.165, 1.54) is 6.92 Å². The minimum atomic E-state index is -1.04. The Morgan fingerprint density at radius 2 is 1.16 bits per heavy atom. The largest absolute Gasteiger partial charge is 0.481 e. The van der Waals surface area contributed by atoms with Crippen molar-refractivity contribution in [3.05, 3.63) is 81.8 Å². The van der Waals surface area contributed by atoms with Crippen molar-refractivity contribution in [2.75, 3.05) is 39.4 Å². The van der Waals surface area contributed by atoms with Gasteiger partial charge in [0.1, 0.15) is 19.0 Å². The van der Waals surface area contributed by atoms with Gasteiger partial charge in [0.25, 0.3) is 0 Å². The number of pyridine rings is 2. The maximum absolute atomic E-state index is 11.4. The molecule has 0 bridgehead atoms. The summed E-state index contributed by atoms with van der Waals surface area (Å²) < 4.78 is 12.0. The summed E-state index contributed by atoms with van der Waals surface area (Å²) in [7, 11) is 0. The van der Waals surface area contributed by atoms with E-state index in [9.17, 15) is 19.8 Å². The van der Waals surface area contributed by atoms with Crippen LogP contribution in [-0.2, 0) is 22.7 Å². The molecule has 2 atom stereocenters. The van der Waals surface area contributed by atoms with Crippen LogP contribution in [0.3, 0.4) is 0 Å². The highest BCUT2D eigenvalue weighted by atomic mass is 35.5. The van der Waals surface area contributed by atoms with Gasteiger partial charge in [0.15, 0.2) is 0 Å². The van der Waals surface area contributed by atoms with E-state index < -0.39 is 18.2 Å². The second-order valence-corrected chi connectivity index (χ2v) is 13.4. The van der Waals surface area contributed by atoms with Crippen LogP contribution in [0.4, 0.5) is 0 Å². The van der Waals surface area contributed by atoms with Gasteiger partial charge in [-0.05, 0) is 19.1 Å². The summed E-state index contributed by atoms with van der Waals surface area (Å²) >= 11 is 14.2. The Hall–Kier alpha value is -4.10. The van der Waals surface area contributed by atoms with Gasteiger partial charge < -0.3 is 24.8 Å². The highest BCUT2D eigenvalue weighted by Gasteiger charge is 2.24. The van der Waals surface area contributed by atoms with Gasteiger partial charge >= 0.3 is 5.97 Å². The van der Waals surface area contributed by atoms with Gasteiger partial charge in [0, 0.05) is 79.1 Å². The number of hydrogen-bond donors (Lipinski definition) is 3. The van der Waals surface area contributed by atoms with Crippen molar-refractivity contribution in [1.29, 1.82) is 0 Å². The molecule has 0 aliphatic carbocycles. The Balaban J connectivity index is 1.23. The highest BCUT2D eigenvalue weighted by molar-refractivity contribution is 6.39. The van der Waals surface area contributed by atoms with Gasteiger partial charge in [-0.1, -0.05) is 71.7 Å². The van der Waals surface area contributed by atoms with Gasteiger partial charge in [0.05, 0.1) is 40.1 Å². The molecule has 3 N–H and O–H groups in total. The average molecular weight is 722 g/mol. The zero-order valence-corrected chi connectivity index (χ0v) is 29.0. The van der Waals surface area contributed by atoms with Gasteiger partial charge in [-0.3, -0.25) is 19.4 Å². The number of carboxylic acids is 1. The lowest BCUT2D eigenvalue weighted by Gasteiger charge is -2.22. The van der Waals surface area contributed by atoms with E-state index in [2.05, 4.69) is 4.90 Å². The molecule has 0 saturated carbocycles. The Morgan fingerprint density at radius 1 is 0.720 bits per heavy atom. The molecule has 6 rings (SSSR count). The fourth-order valence-corrected chi connectivity index (χ4v) is 7.01. The van der Waals surface area contributed by atoms with Crippen LogP contribution in [0.5, 0.6) is 11.8 Å². The predicted octanol–water partition coefficient (Wildman–Crippen LogP) is 5.35. The molecule has 0 spiro atoms. The summed E-state index contributed by atoms with van der Waals surface area (Å²) in [5.74, 6) is -0.127. The molecule has 0 amide bonds. The number of aliphatic carboxylic acids is 1. The van der Waals surface area contributed by atoms with E-state index in [0.29, 0.717) is 90.3 Å². The lowest BCUT2D eigenvalue weighted by molar-refractivity contribution is -0.139. The number of aromatic nitrogens is 2. The fourth-order valence-electron chi connectivity index (χ4n) is 6.36. The SMILES string of the molecule is CC(=O)C[C@H](O)CN1CCOc2nc(-c3cccc(-c4cccc(-c5ccc6c(n5)OCCN(C[C@@H](O)CC(=O)O)C6)c4Cl)c3Cl)ccc2C1. The number of hydrogen-bond acceptors (Lipinski definition) is 10. The Labute approximate surface area is 300 Å². The first-order chi connectivity index (χ1) is 24.0. The minimum Gasteiger partial charge on any atom is -0.481 e. The standard InChI is InChI=1S/C37H38Cl2N4O7/c1-22(44)16-25(45)20-42-12-14-49-36-23(18-42)8-10-31(40-36)29-6-2-4-27(34(29)38)28-5-3-7-30(35(28)39)32-11-9-24-19-43(13-15-50-37(24)41-32)21-26(46)17-33(47)48/h2-11,25-26,45-46H,12-21H2,1H3,(H,47,48)/t25-,26-/m0/s1. The molecule has 2 aliphatic heterocycles. The van der Waals surface area contributed by atoms with Crippen molar-refractivity contribution in [3.63, 3.8) is 0 Å². The van der Waals surface area contributed by atoms with Crippen molar-refractivity contribution >= 4 is 35.0 Å². The molecule has 2 aromatic carbocycles. The van der Waals surface area contributed by atoms with Gasteiger partial charge in [0.2, 0.25) is 11.8 Å². The summed E-state index contributed by atoms with van der Waals surface area (Å²) in [4.78, 5) is 36.0. The zero-order valence-electron chi connectivity index (χ0n) is 27.5. The zero-order chi connectivity index (χ0) is 35.4. The number of carbonyl (C=O) groups is 2. The maximum atomic E-state index is 11.4. The number of carbonyl (C=O) groups excluding carboxylic acids is 1. The van der Waals surface area contributed by atoms with Crippen LogP contribution in [0.1, 0.15) is 30.9 Å². The first-order valence-electron chi connectivity index (χ1n) is 16.4. The number of aliphatic hydroxyl groups is 2. The second kappa shape index (κ2) is 15.8. The molecule has 13 heteroatoms. The summed E-state index contributed by atoms with van der Waals surface area (Å²) in [5, 5.41) is 30.4. The second-order valence-electron chi connectivity index (χ2n) is 12.6. The molecule has 2 aliphatic rings. The van der Waals surface area contributed by atoms with E-state index in [1.807, 2.05) is 65.6 Å². The lowest BCUT2D eigenvalue weighted by Crippen LogP contribution is -2.34. The third-order valence-electron chi connectivity index (χ3n) is 8.67. The van der Waals surface area contributed by atoms with E-state index in [4.69, 9.17) is 47.8 Å². The Kier molecular flexibility index (Phi) is 11.3. The van der Waals surface area contributed by atoms with Crippen LogP contribution in [-0.4, -0.2) is 98.4 Å². The van der Waals surface area contributed by atoms with Crippen LogP contribution in [0, 0.1) is 0 Å². The number of rotatable bonds is 11. The Bertz CT molecular complexity index is 1760. The number of aliphatic hydroxyl groups excluding tert-OH is 2. The van der Waals surface area contributed by atoms with E-state index in [-0.39, 0.29) is 25.2 Å². The van der Waals surface area contributed by atoms with Crippen molar-refractivity contribution in [2.24, 2.45) is 0 Å². The third-order valence-corrected chi connectivity index (χ3v) is 9.48. The summed E-state index contributed by atoms with van der Waals surface area (Å²) in [6.07, 6.45) is -1.92. The number of nitrogens with zero attached hydrogens (tertiary/aromatic N) is 4. The van der Waals surface area contributed by atoms with Crippen molar-refractivity contribution in [2.45, 2.75) is 45.1 Å². The summed E-state index contributed by atoms with van der Waals surface area (Å²) in [5.41, 5.74) is 5.82. The van der Waals surface area contributed by atoms with E-state index in [1.54, 1.807) is 0 Å². The number of β-amino-alcohol motifs (C(OH)–C–C–N with tert-alkyl or cyclic N) is 2. The van der Waals surface area contributed by atoms with Crippen LogP contribution >= 0.6 is 23.2 Å². The van der Waals surface area contributed by atoms with Crippen LogP contribution in [0.15, 0.2) is 60.7 Å². The molecule has 0 radical (unpaired) electrons. The average Bonchev–Trinajstić information content (AvgIpc) is 3.38. The molecule has 4 heterocycles. The molecule has 262 valence electrons. The molecule has 0 fully saturated rings. The molecular weight excluding hydrogens is 683 g/mol. The van der Waals surface area contributed by atoms with Crippen LogP contribution in [0.25, 0.3) is 33.6 Å². The van der Waals surface area contributed by atoms with E-state index >= 15 is 0 Å². The third kappa shape index (κ3) is 8.43. The number of carboxylic acid groups (broad SMARTS) is 1. The molecule has 0 unspecified atom stereocenters. The van der Waals surface area contributed by atoms with Crippen LogP contribution in [0.2, 0.25) is 10.0 Å². The number of ketones is 1. The normalized spacial score (nSPS) is 16.2. The van der Waals surface area contributed by atoms with Crippen molar-refractivity contribution in [3.8, 4) is 45.4 Å².